The lowest BCUT2D eigenvalue weighted by molar-refractivity contribution is -0.120. The SMILES string of the molecule is CONC1=CCC(NCC(O)C(Cc2cc(F)cc(F)c2)NC(C)=O)(c2cccc(C(C)(C)C)c2)CC1. The minimum atomic E-state index is -1.000. The van der Waals surface area contributed by atoms with E-state index in [9.17, 15) is 18.7 Å². The molecule has 0 aromatic heterocycles. The molecule has 1 aliphatic carbocycles. The molecule has 2 aromatic rings. The summed E-state index contributed by atoms with van der Waals surface area (Å²) >= 11 is 0. The first-order valence-corrected chi connectivity index (χ1v) is 12.7. The van der Waals surface area contributed by atoms with Crippen LogP contribution in [0.4, 0.5) is 8.78 Å². The van der Waals surface area contributed by atoms with E-state index in [1.54, 1.807) is 7.11 Å². The minimum Gasteiger partial charge on any atom is -0.390 e. The molecule has 0 bridgehead atoms. The van der Waals surface area contributed by atoms with Gasteiger partial charge in [0.15, 0.2) is 0 Å². The number of hydrogen-bond acceptors (Lipinski definition) is 5. The summed E-state index contributed by atoms with van der Waals surface area (Å²) in [7, 11) is 1.58. The van der Waals surface area contributed by atoms with Crippen molar-refractivity contribution in [2.24, 2.45) is 0 Å². The lowest BCUT2D eigenvalue weighted by atomic mass is 9.76. The number of hydroxylamine groups is 1. The maximum atomic E-state index is 13.8. The van der Waals surface area contributed by atoms with Crippen molar-refractivity contribution >= 4 is 5.91 Å². The highest BCUT2D eigenvalue weighted by atomic mass is 19.1. The molecule has 0 fully saturated rings. The standard InChI is InChI=1S/C29H39F2N3O3/c1-19(35)33-26(15-20-13-23(30)17-24(31)14-20)27(36)18-32-29(11-9-25(10-12-29)34-37-5)22-8-6-7-21(16-22)28(2,3)4/h6-9,13-14,16-17,26-27,32,34,36H,10-12,15,18H2,1-5H3,(H,33,35). The molecule has 3 rings (SSSR count). The van der Waals surface area contributed by atoms with Gasteiger partial charge in [-0.2, -0.15) is 0 Å². The second kappa shape index (κ2) is 12.2. The molecule has 0 spiro atoms. The van der Waals surface area contributed by atoms with Crippen LogP contribution in [-0.4, -0.2) is 36.8 Å². The smallest absolute Gasteiger partial charge is 0.217 e. The molecule has 202 valence electrons. The number of aliphatic hydroxyl groups excluding tert-OH is 1. The molecule has 0 radical (unpaired) electrons. The average Bonchev–Trinajstić information content (AvgIpc) is 2.82. The Morgan fingerprint density at radius 3 is 2.43 bits per heavy atom. The molecular weight excluding hydrogens is 476 g/mol. The van der Waals surface area contributed by atoms with Crippen LogP contribution in [0.1, 0.15) is 63.6 Å². The zero-order chi connectivity index (χ0) is 27.2. The highest BCUT2D eigenvalue weighted by Crippen LogP contribution is 2.37. The Kier molecular flexibility index (Phi) is 9.45. The molecule has 0 saturated carbocycles. The van der Waals surface area contributed by atoms with E-state index in [2.05, 4.69) is 67.2 Å². The molecule has 4 N–H and O–H groups in total. The highest BCUT2D eigenvalue weighted by molar-refractivity contribution is 5.73. The van der Waals surface area contributed by atoms with Gasteiger partial charge in [0.2, 0.25) is 5.91 Å². The largest absolute Gasteiger partial charge is 0.390 e. The number of carbonyl (C=O) groups is 1. The molecule has 0 heterocycles. The molecule has 3 unspecified atom stereocenters. The molecule has 2 aromatic carbocycles. The highest BCUT2D eigenvalue weighted by Gasteiger charge is 2.36. The van der Waals surface area contributed by atoms with E-state index < -0.39 is 29.3 Å². The Morgan fingerprint density at radius 1 is 1.16 bits per heavy atom. The molecule has 37 heavy (non-hydrogen) atoms. The van der Waals surface area contributed by atoms with Crippen molar-refractivity contribution in [3.63, 3.8) is 0 Å². The lowest BCUT2D eigenvalue weighted by Gasteiger charge is -2.40. The van der Waals surface area contributed by atoms with Crippen molar-refractivity contribution in [1.29, 1.82) is 0 Å². The number of carbonyl (C=O) groups excluding carboxylic acids is 1. The summed E-state index contributed by atoms with van der Waals surface area (Å²) in [6.07, 6.45) is 3.35. The van der Waals surface area contributed by atoms with Gasteiger partial charge in [0, 0.05) is 30.8 Å². The second-order valence-corrected chi connectivity index (χ2v) is 10.9. The van der Waals surface area contributed by atoms with Crippen LogP contribution in [0, 0.1) is 11.6 Å². The van der Waals surface area contributed by atoms with Crippen LogP contribution >= 0.6 is 0 Å². The summed E-state index contributed by atoms with van der Waals surface area (Å²) in [6.45, 7) is 8.04. The number of benzene rings is 2. The molecule has 1 amide bonds. The third kappa shape index (κ3) is 7.84. The molecule has 1 aliphatic rings. The number of rotatable bonds is 10. The van der Waals surface area contributed by atoms with Crippen molar-refractivity contribution < 1.29 is 23.5 Å². The Morgan fingerprint density at radius 2 is 1.86 bits per heavy atom. The maximum absolute atomic E-state index is 13.8. The fourth-order valence-corrected chi connectivity index (χ4v) is 4.85. The number of nitrogens with one attached hydrogen (secondary N) is 3. The van der Waals surface area contributed by atoms with Gasteiger partial charge in [0.05, 0.1) is 19.3 Å². The van der Waals surface area contributed by atoms with Gasteiger partial charge in [-0.15, -0.1) is 0 Å². The molecule has 8 heteroatoms. The first-order chi connectivity index (χ1) is 17.4. The van der Waals surface area contributed by atoms with Gasteiger partial charge in [-0.1, -0.05) is 51.1 Å². The van der Waals surface area contributed by atoms with Crippen LogP contribution in [0.5, 0.6) is 0 Å². The fraction of sp³-hybridized carbons (Fsp3) is 0.483. The molecule has 0 saturated heterocycles. The van der Waals surface area contributed by atoms with E-state index in [1.165, 1.54) is 24.6 Å². The Labute approximate surface area is 218 Å². The van der Waals surface area contributed by atoms with Crippen LogP contribution in [-0.2, 0) is 27.0 Å². The van der Waals surface area contributed by atoms with Gasteiger partial charge in [-0.05, 0) is 59.9 Å². The molecule has 0 aliphatic heterocycles. The first-order valence-electron chi connectivity index (χ1n) is 12.7. The topological polar surface area (TPSA) is 82.6 Å². The van der Waals surface area contributed by atoms with Gasteiger partial charge in [0.25, 0.3) is 0 Å². The number of amides is 1. The number of aliphatic hydroxyl groups is 1. The monoisotopic (exact) mass is 515 g/mol. The van der Waals surface area contributed by atoms with Gasteiger partial charge in [-0.3, -0.25) is 15.1 Å². The summed E-state index contributed by atoms with van der Waals surface area (Å²) in [5.74, 6) is -1.72. The van der Waals surface area contributed by atoms with E-state index in [1.807, 2.05) is 0 Å². The Bertz CT molecular complexity index is 1100. The van der Waals surface area contributed by atoms with Crippen molar-refractivity contribution in [2.45, 2.75) is 76.5 Å². The Hall–Kier alpha value is -2.81. The van der Waals surface area contributed by atoms with Gasteiger partial charge < -0.3 is 15.7 Å². The zero-order valence-electron chi connectivity index (χ0n) is 22.3. The normalized spacial score (nSPS) is 19.6. The molecule has 6 nitrogen and oxygen atoms in total. The van der Waals surface area contributed by atoms with E-state index >= 15 is 0 Å². The van der Waals surface area contributed by atoms with Gasteiger partial charge >= 0.3 is 0 Å². The van der Waals surface area contributed by atoms with Crippen molar-refractivity contribution in [3.8, 4) is 0 Å². The van der Waals surface area contributed by atoms with Gasteiger partial charge in [0.1, 0.15) is 11.6 Å². The summed E-state index contributed by atoms with van der Waals surface area (Å²) in [4.78, 5) is 17.0. The third-order valence-electron chi connectivity index (χ3n) is 6.91. The van der Waals surface area contributed by atoms with Crippen LogP contribution < -0.4 is 16.1 Å². The number of halogens is 2. The minimum absolute atomic E-state index is 0.0271. The predicted molar refractivity (Wildman–Crippen MR) is 141 cm³/mol. The van der Waals surface area contributed by atoms with E-state index in [-0.39, 0.29) is 24.3 Å². The summed E-state index contributed by atoms with van der Waals surface area (Å²) in [6, 6.07) is 11.0. The van der Waals surface area contributed by atoms with Crippen LogP contribution in [0.3, 0.4) is 0 Å². The lowest BCUT2D eigenvalue weighted by Crippen LogP contribution is -2.53. The summed E-state index contributed by atoms with van der Waals surface area (Å²) in [5.41, 5.74) is 6.13. The van der Waals surface area contributed by atoms with E-state index in [0.29, 0.717) is 12.0 Å². The second-order valence-electron chi connectivity index (χ2n) is 10.9. The fourth-order valence-electron chi connectivity index (χ4n) is 4.85. The van der Waals surface area contributed by atoms with Crippen molar-refractivity contribution in [2.75, 3.05) is 13.7 Å². The van der Waals surface area contributed by atoms with Crippen molar-refractivity contribution in [3.05, 3.63) is 82.6 Å². The summed E-state index contributed by atoms with van der Waals surface area (Å²) in [5, 5.41) is 17.5. The average molecular weight is 516 g/mol. The number of hydrogen-bond donors (Lipinski definition) is 4. The van der Waals surface area contributed by atoms with E-state index in [4.69, 9.17) is 4.84 Å². The summed E-state index contributed by atoms with van der Waals surface area (Å²) < 4.78 is 27.5. The van der Waals surface area contributed by atoms with Crippen LogP contribution in [0.2, 0.25) is 0 Å². The van der Waals surface area contributed by atoms with Crippen LogP contribution in [0.25, 0.3) is 0 Å². The Balaban J connectivity index is 1.86. The third-order valence-corrected chi connectivity index (χ3v) is 6.91. The first kappa shape index (κ1) is 28.8. The maximum Gasteiger partial charge on any atom is 0.217 e. The number of allylic oxidation sites excluding steroid dienone is 1. The molecular formula is C29H39F2N3O3. The van der Waals surface area contributed by atoms with Gasteiger partial charge in [-0.25, -0.2) is 8.78 Å². The van der Waals surface area contributed by atoms with Crippen LogP contribution in [0.15, 0.2) is 54.2 Å². The van der Waals surface area contributed by atoms with Crippen molar-refractivity contribution in [1.82, 2.24) is 16.1 Å². The quantitative estimate of drug-likeness (QED) is 0.353. The zero-order valence-corrected chi connectivity index (χ0v) is 22.3. The predicted octanol–water partition coefficient (Wildman–Crippen LogP) is 4.37. The van der Waals surface area contributed by atoms with E-state index in [0.717, 1.165) is 30.2 Å². The molecule has 3 atom stereocenters.